The largest absolute Gasteiger partial charge is 0.423 e. The summed E-state index contributed by atoms with van der Waals surface area (Å²) < 4.78 is 18.5. The molecule has 17 heavy (non-hydrogen) atoms. The van der Waals surface area contributed by atoms with E-state index in [2.05, 4.69) is 0 Å². The average molecular weight is 238 g/mol. The molecule has 3 heteroatoms. The molecule has 0 aromatic heterocycles. The van der Waals surface area contributed by atoms with Crippen molar-refractivity contribution in [1.29, 1.82) is 0 Å². The molecule has 0 aliphatic rings. The van der Waals surface area contributed by atoms with E-state index in [-0.39, 0.29) is 23.6 Å². The van der Waals surface area contributed by atoms with Crippen molar-refractivity contribution in [3.8, 4) is 5.75 Å². The minimum atomic E-state index is -0.494. The highest BCUT2D eigenvalue weighted by Crippen LogP contribution is 2.24. The zero-order chi connectivity index (χ0) is 13.0. The van der Waals surface area contributed by atoms with Crippen molar-refractivity contribution < 1.29 is 13.9 Å². The molecule has 0 bridgehead atoms. The van der Waals surface area contributed by atoms with Crippen molar-refractivity contribution >= 4 is 5.97 Å². The number of carbonyl (C=O) groups excluding carboxylic acids is 1. The van der Waals surface area contributed by atoms with Gasteiger partial charge in [-0.1, -0.05) is 33.8 Å². The molecule has 0 radical (unpaired) electrons. The lowest BCUT2D eigenvalue weighted by atomic mass is 10.0. The number of carbonyl (C=O) groups is 1. The fourth-order valence-corrected chi connectivity index (χ4v) is 1.45. The molecule has 0 aliphatic heterocycles. The first-order valence-electron chi connectivity index (χ1n) is 5.90. The highest BCUT2D eigenvalue weighted by Gasteiger charge is 2.12. The molecule has 0 fully saturated rings. The number of halogens is 1. The van der Waals surface area contributed by atoms with Crippen LogP contribution in [0.4, 0.5) is 4.39 Å². The molecule has 0 unspecified atom stereocenters. The van der Waals surface area contributed by atoms with Gasteiger partial charge in [-0.25, -0.2) is 4.39 Å². The first kappa shape index (κ1) is 13.7. The maximum Gasteiger partial charge on any atom is 0.311 e. The maximum atomic E-state index is 13.5. The van der Waals surface area contributed by atoms with Crippen LogP contribution in [0.25, 0.3) is 0 Å². The first-order chi connectivity index (χ1) is 7.90. The monoisotopic (exact) mass is 238 g/mol. The van der Waals surface area contributed by atoms with Crippen LogP contribution in [0.15, 0.2) is 18.2 Å². The molecule has 0 aliphatic carbocycles. The molecule has 0 spiro atoms. The Morgan fingerprint density at radius 2 is 1.94 bits per heavy atom. The number of esters is 1. The van der Waals surface area contributed by atoms with Crippen LogP contribution in [0.1, 0.15) is 45.6 Å². The lowest BCUT2D eigenvalue weighted by Crippen LogP contribution is -2.12. The normalized spacial score (nSPS) is 11.0. The van der Waals surface area contributed by atoms with Crippen molar-refractivity contribution in [3.05, 3.63) is 29.6 Å². The Bertz CT molecular complexity index is 397. The van der Waals surface area contributed by atoms with Gasteiger partial charge in [0.05, 0.1) is 0 Å². The van der Waals surface area contributed by atoms with E-state index < -0.39 is 5.82 Å². The summed E-state index contributed by atoms with van der Waals surface area (Å²) in [6, 6.07) is 4.64. The molecule has 0 saturated heterocycles. The SMILES string of the molecule is CC(C)CC(=O)Oc1cc(C(C)C)ccc1F. The fraction of sp³-hybridized carbons (Fsp3) is 0.500. The quantitative estimate of drug-likeness (QED) is 0.587. The standard InChI is InChI=1S/C14H19FO2/c1-9(2)7-14(16)17-13-8-11(10(3)4)5-6-12(13)15/h5-6,8-10H,7H2,1-4H3. The Kier molecular flexibility index (Phi) is 4.67. The predicted octanol–water partition coefficient (Wildman–Crippen LogP) is 3.90. The average Bonchev–Trinajstić information content (AvgIpc) is 2.19. The van der Waals surface area contributed by atoms with Gasteiger partial charge in [0, 0.05) is 6.42 Å². The summed E-state index contributed by atoms with van der Waals surface area (Å²) in [5, 5.41) is 0. The van der Waals surface area contributed by atoms with E-state index in [0.29, 0.717) is 6.42 Å². The summed E-state index contributed by atoms with van der Waals surface area (Å²) in [6.45, 7) is 7.85. The van der Waals surface area contributed by atoms with Crippen molar-refractivity contribution in [1.82, 2.24) is 0 Å². The van der Waals surface area contributed by atoms with Crippen LogP contribution in [-0.2, 0) is 4.79 Å². The molecule has 2 nitrogen and oxygen atoms in total. The van der Waals surface area contributed by atoms with E-state index in [1.54, 1.807) is 12.1 Å². The van der Waals surface area contributed by atoms with Gasteiger partial charge >= 0.3 is 5.97 Å². The molecule has 0 heterocycles. The van der Waals surface area contributed by atoms with E-state index >= 15 is 0 Å². The van der Waals surface area contributed by atoms with Crippen molar-refractivity contribution in [2.24, 2.45) is 5.92 Å². The van der Waals surface area contributed by atoms with Crippen LogP contribution in [0.5, 0.6) is 5.75 Å². The zero-order valence-corrected chi connectivity index (χ0v) is 10.8. The van der Waals surface area contributed by atoms with Crippen LogP contribution >= 0.6 is 0 Å². The zero-order valence-electron chi connectivity index (χ0n) is 10.8. The van der Waals surface area contributed by atoms with Gasteiger partial charge in [0.15, 0.2) is 11.6 Å². The van der Waals surface area contributed by atoms with Gasteiger partial charge in [0.2, 0.25) is 0 Å². The van der Waals surface area contributed by atoms with Crippen LogP contribution in [0.3, 0.4) is 0 Å². The highest BCUT2D eigenvalue weighted by molar-refractivity contribution is 5.72. The predicted molar refractivity (Wildman–Crippen MR) is 65.6 cm³/mol. The minimum Gasteiger partial charge on any atom is -0.423 e. The van der Waals surface area contributed by atoms with E-state index in [0.717, 1.165) is 5.56 Å². The van der Waals surface area contributed by atoms with Crippen LogP contribution in [0, 0.1) is 11.7 Å². The smallest absolute Gasteiger partial charge is 0.311 e. The van der Waals surface area contributed by atoms with Gasteiger partial charge in [0.1, 0.15) is 0 Å². The first-order valence-corrected chi connectivity index (χ1v) is 5.90. The summed E-state index contributed by atoms with van der Waals surface area (Å²) in [5.74, 6) is -0.370. The summed E-state index contributed by atoms with van der Waals surface area (Å²) in [4.78, 5) is 11.5. The van der Waals surface area contributed by atoms with Crippen LogP contribution in [0.2, 0.25) is 0 Å². The van der Waals surface area contributed by atoms with Crippen molar-refractivity contribution in [3.63, 3.8) is 0 Å². The van der Waals surface area contributed by atoms with E-state index in [1.807, 2.05) is 27.7 Å². The van der Waals surface area contributed by atoms with Gasteiger partial charge in [0.25, 0.3) is 0 Å². The number of rotatable bonds is 4. The number of hydrogen-bond acceptors (Lipinski definition) is 2. The second kappa shape index (κ2) is 5.80. The van der Waals surface area contributed by atoms with E-state index in [4.69, 9.17) is 4.74 Å². The molecular formula is C14H19FO2. The van der Waals surface area contributed by atoms with Gasteiger partial charge in [-0.15, -0.1) is 0 Å². The molecule has 1 aromatic rings. The Morgan fingerprint density at radius 3 is 2.47 bits per heavy atom. The molecule has 1 rings (SSSR count). The molecular weight excluding hydrogens is 219 g/mol. The summed E-state index contributed by atoms with van der Waals surface area (Å²) in [7, 11) is 0. The summed E-state index contributed by atoms with van der Waals surface area (Å²) in [6.07, 6.45) is 0.297. The van der Waals surface area contributed by atoms with Crippen molar-refractivity contribution in [2.45, 2.75) is 40.0 Å². The third kappa shape index (κ3) is 4.17. The molecule has 94 valence electrons. The lowest BCUT2D eigenvalue weighted by Gasteiger charge is -2.10. The topological polar surface area (TPSA) is 26.3 Å². The minimum absolute atomic E-state index is 0.0295. The van der Waals surface area contributed by atoms with Gasteiger partial charge in [-0.05, 0) is 29.5 Å². The van der Waals surface area contributed by atoms with Gasteiger partial charge in [-0.3, -0.25) is 4.79 Å². The maximum absolute atomic E-state index is 13.5. The number of benzene rings is 1. The molecule has 0 saturated carbocycles. The van der Waals surface area contributed by atoms with Gasteiger partial charge < -0.3 is 4.74 Å². The molecule has 0 atom stereocenters. The van der Waals surface area contributed by atoms with Gasteiger partial charge in [-0.2, -0.15) is 0 Å². The van der Waals surface area contributed by atoms with E-state index in [9.17, 15) is 9.18 Å². The Balaban J connectivity index is 2.82. The van der Waals surface area contributed by atoms with Crippen molar-refractivity contribution in [2.75, 3.05) is 0 Å². The molecule has 1 aromatic carbocycles. The summed E-state index contributed by atoms with van der Waals surface area (Å²) in [5.41, 5.74) is 0.957. The number of hydrogen-bond donors (Lipinski definition) is 0. The second-order valence-electron chi connectivity index (χ2n) is 4.92. The fourth-order valence-electron chi connectivity index (χ4n) is 1.45. The van der Waals surface area contributed by atoms with E-state index in [1.165, 1.54) is 6.07 Å². The van der Waals surface area contributed by atoms with Crippen LogP contribution < -0.4 is 4.74 Å². The molecule has 0 amide bonds. The number of ether oxygens (including phenoxy) is 1. The third-order valence-electron chi connectivity index (χ3n) is 2.42. The third-order valence-corrected chi connectivity index (χ3v) is 2.42. The Hall–Kier alpha value is -1.38. The van der Waals surface area contributed by atoms with Crippen LogP contribution in [-0.4, -0.2) is 5.97 Å². The lowest BCUT2D eigenvalue weighted by molar-refractivity contribution is -0.135. The summed E-state index contributed by atoms with van der Waals surface area (Å²) >= 11 is 0. The second-order valence-corrected chi connectivity index (χ2v) is 4.92. The Labute approximate surface area is 102 Å². The molecule has 0 N–H and O–H groups in total. The highest BCUT2D eigenvalue weighted by atomic mass is 19.1. The Morgan fingerprint density at radius 1 is 1.29 bits per heavy atom.